The highest BCUT2D eigenvalue weighted by Crippen LogP contribution is 2.27. The first-order valence-electron chi connectivity index (χ1n) is 11.3. The highest BCUT2D eigenvalue weighted by molar-refractivity contribution is 5.89. The number of carboxylic acid groups (broad SMARTS) is 1. The molecule has 1 fully saturated rings. The molecule has 3 rings (SSSR count). The molecule has 0 spiro atoms. The molecule has 1 saturated carbocycles. The maximum Gasteiger partial charge on any atom is 0.333 e. The Morgan fingerprint density at radius 2 is 1.91 bits per heavy atom. The first kappa shape index (κ1) is 24.5. The summed E-state index contributed by atoms with van der Waals surface area (Å²) in [6.45, 7) is 3.35. The molecular weight excluding hydrogens is 427 g/mol. The Balaban J connectivity index is 1.53. The van der Waals surface area contributed by atoms with Gasteiger partial charge in [0.1, 0.15) is 18.2 Å². The van der Waals surface area contributed by atoms with Crippen molar-refractivity contribution < 1.29 is 28.6 Å². The Bertz CT molecular complexity index is 917. The molecule has 2 aromatic carbocycles. The highest BCUT2D eigenvalue weighted by atomic mass is 19.1. The largest absolute Gasteiger partial charge is 0.492 e. The van der Waals surface area contributed by atoms with Crippen molar-refractivity contribution in [1.29, 1.82) is 0 Å². The number of nitrogens with one attached hydrogen (secondary N) is 1. The van der Waals surface area contributed by atoms with Crippen LogP contribution in [0.5, 0.6) is 5.75 Å². The van der Waals surface area contributed by atoms with Gasteiger partial charge in [0.05, 0.1) is 12.2 Å². The van der Waals surface area contributed by atoms with Crippen LogP contribution in [-0.2, 0) is 16.0 Å². The summed E-state index contributed by atoms with van der Waals surface area (Å²) in [5, 5.41) is 11.9. The number of ether oxygens (including phenoxy) is 2. The molecule has 33 heavy (non-hydrogen) atoms. The molecule has 2 aromatic rings. The van der Waals surface area contributed by atoms with Gasteiger partial charge >= 0.3 is 12.0 Å². The number of hydrogen-bond acceptors (Lipinski definition) is 4. The van der Waals surface area contributed by atoms with Gasteiger partial charge in [0.25, 0.3) is 0 Å². The fourth-order valence-electron chi connectivity index (χ4n) is 3.65. The summed E-state index contributed by atoms with van der Waals surface area (Å²) < 4.78 is 25.0. The number of amides is 2. The molecule has 0 radical (unpaired) electrons. The molecule has 0 saturated heterocycles. The van der Waals surface area contributed by atoms with E-state index in [1.807, 2.05) is 0 Å². The van der Waals surface area contributed by atoms with Crippen molar-refractivity contribution in [3.63, 3.8) is 0 Å². The van der Waals surface area contributed by atoms with Crippen LogP contribution in [0.4, 0.5) is 14.9 Å². The van der Waals surface area contributed by atoms with Gasteiger partial charge in [-0.2, -0.15) is 0 Å². The van der Waals surface area contributed by atoms with Crippen molar-refractivity contribution in [2.24, 2.45) is 5.92 Å². The van der Waals surface area contributed by atoms with Crippen molar-refractivity contribution in [3.05, 3.63) is 59.9 Å². The fourth-order valence-corrected chi connectivity index (χ4v) is 3.65. The Morgan fingerprint density at radius 3 is 2.52 bits per heavy atom. The predicted molar refractivity (Wildman–Crippen MR) is 123 cm³/mol. The minimum Gasteiger partial charge on any atom is -0.492 e. The predicted octanol–water partition coefficient (Wildman–Crippen LogP) is 4.57. The quantitative estimate of drug-likeness (QED) is 0.486. The molecule has 1 aliphatic rings. The van der Waals surface area contributed by atoms with Crippen molar-refractivity contribution in [2.75, 3.05) is 31.6 Å². The molecule has 1 atom stereocenters. The number of para-hydroxylation sites is 1. The van der Waals surface area contributed by atoms with Crippen molar-refractivity contribution in [2.45, 2.75) is 38.7 Å². The lowest BCUT2D eigenvalue weighted by molar-refractivity contribution is -0.149. The summed E-state index contributed by atoms with van der Waals surface area (Å²) in [6, 6.07) is 12.9. The molecule has 178 valence electrons. The van der Waals surface area contributed by atoms with Crippen molar-refractivity contribution in [1.82, 2.24) is 4.90 Å². The van der Waals surface area contributed by atoms with Crippen LogP contribution in [0.25, 0.3) is 0 Å². The first-order chi connectivity index (χ1) is 16.0. The minimum atomic E-state index is -0.989. The number of carbonyl (C=O) groups is 2. The third-order valence-corrected chi connectivity index (χ3v) is 5.72. The van der Waals surface area contributed by atoms with Crippen molar-refractivity contribution in [3.8, 4) is 5.75 Å². The van der Waals surface area contributed by atoms with Gasteiger partial charge in [-0.05, 0) is 55.5 Å². The van der Waals surface area contributed by atoms with Crippen LogP contribution in [0.15, 0.2) is 48.5 Å². The van der Waals surface area contributed by atoms with Gasteiger partial charge in [0, 0.05) is 19.6 Å². The molecule has 0 bridgehead atoms. The van der Waals surface area contributed by atoms with Crippen LogP contribution in [-0.4, -0.2) is 54.4 Å². The van der Waals surface area contributed by atoms with Gasteiger partial charge in [-0.1, -0.05) is 30.7 Å². The number of urea groups is 1. The van der Waals surface area contributed by atoms with Crippen LogP contribution < -0.4 is 10.1 Å². The number of carbonyl (C=O) groups excluding carboxylic acids is 1. The molecule has 1 unspecified atom stereocenters. The molecule has 0 aromatic heterocycles. The fraction of sp³-hybridized carbons (Fsp3) is 0.440. The topological polar surface area (TPSA) is 88.1 Å². The number of nitrogens with zero attached hydrogens (tertiary/aromatic N) is 1. The number of rotatable bonds is 12. The van der Waals surface area contributed by atoms with Gasteiger partial charge in [-0.3, -0.25) is 0 Å². The van der Waals surface area contributed by atoms with Gasteiger partial charge in [0.2, 0.25) is 0 Å². The number of aliphatic carboxylic acids is 1. The summed E-state index contributed by atoms with van der Waals surface area (Å²) in [5.41, 5.74) is 0.989. The standard InChI is InChI=1S/C25H31FN2O5/c1-2-32-23(24(29)30)16-18-10-12-20(13-11-18)33-15-14-28(17-19-6-5-7-19)25(31)27-22-9-4-3-8-21(22)26/h3-4,8-13,19,23H,2,5-7,14-17H2,1H3,(H,27,31)(H,29,30). The van der Waals surface area contributed by atoms with E-state index >= 15 is 0 Å². The third-order valence-electron chi connectivity index (χ3n) is 5.72. The number of halogens is 1. The summed E-state index contributed by atoms with van der Waals surface area (Å²) in [7, 11) is 0. The number of carboxylic acids is 1. The van der Waals surface area contributed by atoms with Gasteiger partial charge in [0.15, 0.2) is 6.10 Å². The van der Waals surface area contributed by atoms with Gasteiger partial charge < -0.3 is 24.8 Å². The summed E-state index contributed by atoms with van der Waals surface area (Å²) >= 11 is 0. The molecule has 0 heterocycles. The van der Waals surface area contributed by atoms with Crippen LogP contribution in [0.1, 0.15) is 31.7 Å². The Morgan fingerprint density at radius 1 is 1.18 bits per heavy atom. The lowest BCUT2D eigenvalue weighted by Gasteiger charge is -2.32. The Kier molecular flexibility index (Phi) is 9.06. The van der Waals surface area contributed by atoms with E-state index in [-0.39, 0.29) is 24.7 Å². The van der Waals surface area contributed by atoms with Crippen LogP contribution >= 0.6 is 0 Å². The molecule has 1 aliphatic carbocycles. The summed E-state index contributed by atoms with van der Waals surface area (Å²) in [5.74, 6) is -0.374. The Labute approximate surface area is 193 Å². The van der Waals surface area contributed by atoms with Crippen LogP contribution in [0, 0.1) is 11.7 Å². The van der Waals surface area contributed by atoms with E-state index in [2.05, 4.69) is 5.32 Å². The summed E-state index contributed by atoms with van der Waals surface area (Å²) in [6.07, 6.45) is 2.74. The van der Waals surface area contributed by atoms with Gasteiger partial charge in [-0.25, -0.2) is 14.0 Å². The zero-order valence-electron chi connectivity index (χ0n) is 18.8. The maximum absolute atomic E-state index is 13.9. The van der Waals surface area contributed by atoms with Gasteiger partial charge in [-0.15, -0.1) is 0 Å². The average molecular weight is 459 g/mol. The highest BCUT2D eigenvalue weighted by Gasteiger charge is 2.24. The molecule has 0 aliphatic heterocycles. The molecule has 2 N–H and O–H groups in total. The second-order valence-electron chi connectivity index (χ2n) is 8.13. The Hall–Kier alpha value is -3.13. The normalized spacial score (nSPS) is 14.2. The van der Waals surface area contributed by atoms with E-state index in [1.165, 1.54) is 18.6 Å². The number of hydrogen-bond donors (Lipinski definition) is 2. The monoisotopic (exact) mass is 458 g/mol. The second-order valence-corrected chi connectivity index (χ2v) is 8.13. The molecule has 7 nitrogen and oxygen atoms in total. The average Bonchev–Trinajstić information content (AvgIpc) is 2.77. The van der Waals surface area contributed by atoms with Crippen LogP contribution in [0.3, 0.4) is 0 Å². The first-order valence-corrected chi connectivity index (χ1v) is 11.3. The second kappa shape index (κ2) is 12.2. The zero-order valence-corrected chi connectivity index (χ0v) is 18.8. The molecular formula is C25H31FN2O5. The zero-order chi connectivity index (χ0) is 23.6. The van der Waals surface area contributed by atoms with E-state index in [0.29, 0.717) is 31.4 Å². The smallest absolute Gasteiger partial charge is 0.333 e. The van der Waals surface area contributed by atoms with E-state index in [0.717, 1.165) is 18.4 Å². The van der Waals surface area contributed by atoms with E-state index in [9.17, 15) is 19.1 Å². The van der Waals surface area contributed by atoms with Crippen molar-refractivity contribution >= 4 is 17.7 Å². The lowest BCUT2D eigenvalue weighted by Crippen LogP contribution is -2.42. The number of benzene rings is 2. The molecule has 2 amide bonds. The van der Waals surface area contributed by atoms with E-state index in [4.69, 9.17) is 9.47 Å². The lowest BCUT2D eigenvalue weighted by atomic mass is 9.85. The van der Waals surface area contributed by atoms with E-state index < -0.39 is 17.9 Å². The molecule has 8 heteroatoms. The maximum atomic E-state index is 13.9. The SMILES string of the molecule is CCOC(Cc1ccc(OCCN(CC2CCC2)C(=O)Nc2ccccc2F)cc1)C(=O)O. The minimum absolute atomic E-state index is 0.157. The van der Waals surface area contributed by atoms with E-state index in [1.54, 1.807) is 48.2 Å². The number of anilines is 1. The third kappa shape index (κ3) is 7.46. The van der Waals surface area contributed by atoms with Crippen LogP contribution in [0.2, 0.25) is 0 Å². The summed E-state index contributed by atoms with van der Waals surface area (Å²) in [4.78, 5) is 25.7.